The molecule has 3 aromatic heterocycles. The molecule has 4 rings (SSSR count). The Bertz CT molecular complexity index is 1410. The molecule has 0 saturated heterocycles. The number of anilines is 1. The van der Waals surface area contributed by atoms with Gasteiger partial charge in [-0.2, -0.15) is 0 Å². The minimum absolute atomic E-state index is 0.0667. The van der Waals surface area contributed by atoms with Gasteiger partial charge in [0, 0.05) is 17.8 Å². The third kappa shape index (κ3) is 3.81. The van der Waals surface area contributed by atoms with Crippen LogP contribution in [0.5, 0.6) is 0 Å². The number of hydrogen-bond acceptors (Lipinski definition) is 6. The quantitative estimate of drug-likeness (QED) is 0.445. The smallest absolute Gasteiger partial charge is 0.324 e. The molecule has 0 fully saturated rings. The molecule has 0 aliphatic rings. The molecule has 0 radical (unpaired) electrons. The van der Waals surface area contributed by atoms with E-state index in [0.717, 1.165) is 17.5 Å². The number of nitrogens with one attached hydrogen (secondary N) is 1. The van der Waals surface area contributed by atoms with Gasteiger partial charge in [0.15, 0.2) is 5.78 Å². The monoisotopic (exact) mass is 439 g/mol. The Morgan fingerprint density at radius 2 is 1.87 bits per heavy atom. The number of aryl methyl sites for hydroxylation is 1. The van der Waals surface area contributed by atoms with Crippen molar-refractivity contribution in [2.45, 2.75) is 39.8 Å². The highest BCUT2D eigenvalue weighted by Gasteiger charge is 2.19. The van der Waals surface area contributed by atoms with Gasteiger partial charge in [0.1, 0.15) is 11.2 Å². The van der Waals surface area contributed by atoms with Crippen LogP contribution in [0, 0.1) is 0 Å². The molecule has 0 unspecified atom stereocenters. The first-order valence-electron chi connectivity index (χ1n) is 9.91. The highest BCUT2D eigenvalue weighted by molar-refractivity contribution is 7.17. The maximum atomic E-state index is 13.0. The van der Waals surface area contributed by atoms with Crippen molar-refractivity contribution in [3.8, 4) is 0 Å². The standard InChI is InChI=1S/C21H21N5O4S/c1-3-4-10-24-19(29)18-16(9-11-31-18)26-20(24)23-25(21(26)30)12-17(28)22-15-7-5-14(6-8-15)13(2)27/h5-9,11H,3-4,10,12H2,1-2H3,(H,22,28). The molecule has 10 heteroatoms. The number of hydrogen-bond donors (Lipinski definition) is 1. The van der Waals surface area contributed by atoms with Crippen LogP contribution in [-0.2, 0) is 17.9 Å². The fourth-order valence-electron chi connectivity index (χ4n) is 3.38. The Balaban J connectivity index is 1.69. The number of carbonyl (C=O) groups is 2. The lowest BCUT2D eigenvalue weighted by molar-refractivity contribution is -0.117. The third-order valence-corrected chi connectivity index (χ3v) is 5.88. The van der Waals surface area contributed by atoms with E-state index in [1.165, 1.54) is 27.2 Å². The molecule has 0 atom stereocenters. The van der Waals surface area contributed by atoms with Crippen LogP contribution in [-0.4, -0.2) is 30.4 Å². The molecule has 3 heterocycles. The first-order valence-corrected chi connectivity index (χ1v) is 10.8. The number of nitrogens with zero attached hydrogens (tertiary/aromatic N) is 4. The van der Waals surface area contributed by atoms with Gasteiger partial charge >= 0.3 is 5.69 Å². The van der Waals surface area contributed by atoms with Gasteiger partial charge in [-0.1, -0.05) is 13.3 Å². The van der Waals surface area contributed by atoms with E-state index < -0.39 is 11.6 Å². The molecule has 0 bridgehead atoms. The molecule has 0 aliphatic carbocycles. The average molecular weight is 439 g/mol. The van der Waals surface area contributed by atoms with Gasteiger partial charge in [0.05, 0.1) is 5.52 Å². The number of carbonyl (C=O) groups excluding carboxylic acids is 2. The largest absolute Gasteiger partial charge is 0.352 e. The molecule has 0 spiro atoms. The zero-order chi connectivity index (χ0) is 22.1. The van der Waals surface area contributed by atoms with Crippen LogP contribution in [0.3, 0.4) is 0 Å². The van der Waals surface area contributed by atoms with Crippen molar-refractivity contribution in [1.29, 1.82) is 0 Å². The van der Waals surface area contributed by atoms with Crippen LogP contribution in [0.4, 0.5) is 5.69 Å². The lowest BCUT2D eigenvalue weighted by Gasteiger charge is -2.06. The van der Waals surface area contributed by atoms with E-state index in [-0.39, 0.29) is 23.7 Å². The molecular formula is C21H21N5O4S. The second-order valence-corrected chi connectivity index (χ2v) is 8.12. The number of fused-ring (bicyclic) bond motifs is 3. The predicted octanol–water partition coefficient (Wildman–Crippen LogP) is 2.51. The van der Waals surface area contributed by atoms with Crippen LogP contribution in [0.1, 0.15) is 37.0 Å². The van der Waals surface area contributed by atoms with Crippen molar-refractivity contribution >= 4 is 44.7 Å². The van der Waals surface area contributed by atoms with Crippen LogP contribution < -0.4 is 16.6 Å². The van der Waals surface area contributed by atoms with E-state index in [9.17, 15) is 19.2 Å². The molecule has 1 aromatic carbocycles. The minimum atomic E-state index is -0.481. The summed E-state index contributed by atoms with van der Waals surface area (Å²) in [6.45, 7) is 3.62. The number of Topliss-reactive ketones (excluding diaryl/α,β-unsaturated/α-hetero) is 1. The minimum Gasteiger partial charge on any atom is -0.324 e. The Morgan fingerprint density at radius 3 is 2.55 bits per heavy atom. The molecule has 1 N–H and O–H groups in total. The predicted molar refractivity (Wildman–Crippen MR) is 119 cm³/mol. The van der Waals surface area contributed by atoms with Crippen molar-refractivity contribution in [2.24, 2.45) is 0 Å². The maximum absolute atomic E-state index is 13.0. The molecule has 1 amide bonds. The molecule has 0 aliphatic heterocycles. The Kier molecular flexibility index (Phi) is 5.55. The van der Waals surface area contributed by atoms with E-state index in [4.69, 9.17) is 0 Å². The average Bonchev–Trinajstić information content (AvgIpc) is 3.34. The first-order chi connectivity index (χ1) is 14.9. The lowest BCUT2D eigenvalue weighted by atomic mass is 10.1. The molecule has 160 valence electrons. The Hall–Kier alpha value is -3.53. The van der Waals surface area contributed by atoms with Crippen LogP contribution in [0.25, 0.3) is 16.0 Å². The third-order valence-electron chi connectivity index (χ3n) is 4.99. The topological polar surface area (TPSA) is 107 Å². The summed E-state index contributed by atoms with van der Waals surface area (Å²) in [6, 6.07) is 8.20. The van der Waals surface area contributed by atoms with Gasteiger partial charge in [-0.3, -0.25) is 19.0 Å². The SMILES string of the molecule is CCCCn1c(=O)c2sccc2n2c(=O)n(CC(=O)Nc3ccc(C(C)=O)cc3)nc12. The summed E-state index contributed by atoms with van der Waals surface area (Å²) in [4.78, 5) is 49.8. The lowest BCUT2D eigenvalue weighted by Crippen LogP contribution is -2.29. The maximum Gasteiger partial charge on any atom is 0.352 e. The van der Waals surface area contributed by atoms with Crippen LogP contribution >= 0.6 is 11.3 Å². The molecular weight excluding hydrogens is 418 g/mol. The van der Waals surface area contributed by atoms with E-state index in [2.05, 4.69) is 10.4 Å². The van der Waals surface area contributed by atoms with Crippen LogP contribution in [0.2, 0.25) is 0 Å². The highest BCUT2D eigenvalue weighted by atomic mass is 32.1. The summed E-state index contributed by atoms with van der Waals surface area (Å²) in [5, 5.41) is 8.76. The summed E-state index contributed by atoms with van der Waals surface area (Å²) >= 11 is 1.28. The van der Waals surface area contributed by atoms with Crippen molar-refractivity contribution in [1.82, 2.24) is 18.7 Å². The van der Waals surface area contributed by atoms with Gasteiger partial charge in [-0.05, 0) is 49.1 Å². The summed E-state index contributed by atoms with van der Waals surface area (Å²) < 4.78 is 4.43. The van der Waals surface area contributed by atoms with Crippen molar-refractivity contribution in [2.75, 3.05) is 5.32 Å². The Morgan fingerprint density at radius 1 is 1.13 bits per heavy atom. The fourth-order valence-corrected chi connectivity index (χ4v) is 4.20. The molecule has 0 saturated carbocycles. The van der Waals surface area contributed by atoms with Gasteiger partial charge in [0.2, 0.25) is 11.7 Å². The van der Waals surface area contributed by atoms with Crippen molar-refractivity contribution < 1.29 is 9.59 Å². The van der Waals surface area contributed by atoms with Crippen LogP contribution in [0.15, 0.2) is 45.3 Å². The number of ketones is 1. The van der Waals surface area contributed by atoms with Crippen molar-refractivity contribution in [3.05, 3.63) is 62.1 Å². The number of thiophene rings is 1. The number of amides is 1. The summed E-state index contributed by atoms with van der Waals surface area (Å²) in [6.07, 6.45) is 1.65. The first kappa shape index (κ1) is 20.7. The summed E-state index contributed by atoms with van der Waals surface area (Å²) in [7, 11) is 0. The second-order valence-electron chi connectivity index (χ2n) is 7.20. The Labute approximate surface area is 180 Å². The zero-order valence-electron chi connectivity index (χ0n) is 17.1. The highest BCUT2D eigenvalue weighted by Crippen LogP contribution is 2.17. The molecule has 9 nitrogen and oxygen atoms in total. The second kappa shape index (κ2) is 8.31. The zero-order valence-corrected chi connectivity index (χ0v) is 17.9. The summed E-state index contributed by atoms with van der Waals surface area (Å²) in [5.74, 6) is -0.277. The number of benzene rings is 1. The van der Waals surface area contributed by atoms with Crippen molar-refractivity contribution in [3.63, 3.8) is 0 Å². The van der Waals surface area contributed by atoms with E-state index in [1.54, 1.807) is 35.7 Å². The van der Waals surface area contributed by atoms with Gasteiger partial charge in [-0.25, -0.2) is 13.9 Å². The van der Waals surface area contributed by atoms with E-state index in [0.29, 0.717) is 28.0 Å². The number of unbranched alkanes of at least 4 members (excludes halogenated alkanes) is 1. The van der Waals surface area contributed by atoms with Gasteiger partial charge < -0.3 is 5.32 Å². The van der Waals surface area contributed by atoms with Gasteiger partial charge in [0.25, 0.3) is 5.56 Å². The molecule has 31 heavy (non-hydrogen) atoms. The number of rotatable bonds is 7. The fraction of sp³-hybridized carbons (Fsp3) is 0.286. The van der Waals surface area contributed by atoms with Gasteiger partial charge in [-0.15, -0.1) is 16.4 Å². The number of aromatic nitrogens is 4. The van der Waals surface area contributed by atoms with E-state index in [1.807, 2.05) is 6.92 Å². The normalized spacial score (nSPS) is 11.3. The summed E-state index contributed by atoms with van der Waals surface area (Å²) in [5.41, 5.74) is 0.879. The molecule has 4 aromatic rings. The van der Waals surface area contributed by atoms with E-state index >= 15 is 0 Å².